The zero-order valence-electron chi connectivity index (χ0n) is 7.18. The number of nitrogens with zero attached hydrogens (tertiary/aromatic N) is 4. The van der Waals surface area contributed by atoms with Gasteiger partial charge in [0.25, 0.3) is 0 Å². The summed E-state index contributed by atoms with van der Waals surface area (Å²) in [5, 5.41) is 11.7. The molecule has 0 aliphatic rings. The molecule has 0 bridgehead atoms. The molecule has 0 aliphatic carbocycles. The third-order valence-corrected chi connectivity index (χ3v) is 1.77. The van der Waals surface area contributed by atoms with E-state index >= 15 is 0 Å². The van der Waals surface area contributed by atoms with Crippen LogP contribution in [-0.4, -0.2) is 20.0 Å². The van der Waals surface area contributed by atoms with E-state index in [1.54, 1.807) is 16.9 Å². The molecular formula is C8H9N5. The second-order valence-corrected chi connectivity index (χ2v) is 2.68. The van der Waals surface area contributed by atoms with Crippen molar-refractivity contribution in [3.63, 3.8) is 0 Å². The van der Waals surface area contributed by atoms with Gasteiger partial charge in [0.05, 0.1) is 5.69 Å². The van der Waals surface area contributed by atoms with Gasteiger partial charge in [-0.15, -0.1) is 10.2 Å². The van der Waals surface area contributed by atoms with E-state index in [-0.39, 0.29) is 0 Å². The molecule has 2 heterocycles. The summed E-state index contributed by atoms with van der Waals surface area (Å²) in [6.45, 7) is 0. The lowest BCUT2D eigenvalue weighted by molar-refractivity contribution is 0.771. The Morgan fingerprint density at radius 3 is 2.62 bits per heavy atom. The molecule has 5 heteroatoms. The maximum Gasteiger partial charge on any atom is 0.146 e. The highest BCUT2D eigenvalue weighted by Gasteiger charge is 2.03. The molecule has 5 nitrogen and oxygen atoms in total. The Bertz CT molecular complexity index is 403. The van der Waals surface area contributed by atoms with Crippen LogP contribution < -0.4 is 5.73 Å². The van der Waals surface area contributed by atoms with Crippen LogP contribution in [0.5, 0.6) is 0 Å². The number of aromatic nitrogens is 4. The minimum atomic E-state index is 0.422. The van der Waals surface area contributed by atoms with Gasteiger partial charge in [-0.2, -0.15) is 5.10 Å². The summed E-state index contributed by atoms with van der Waals surface area (Å²) < 4.78 is 1.74. The molecule has 0 fully saturated rings. The first kappa shape index (κ1) is 7.72. The van der Waals surface area contributed by atoms with Crippen molar-refractivity contribution in [1.29, 1.82) is 0 Å². The zero-order chi connectivity index (χ0) is 9.26. The SMILES string of the molecule is Cn1nccc1-c1ccc(N)nn1. The number of hydrogen-bond acceptors (Lipinski definition) is 4. The summed E-state index contributed by atoms with van der Waals surface area (Å²) in [6.07, 6.45) is 1.72. The predicted octanol–water partition coefficient (Wildman–Crippen LogP) is 0.459. The topological polar surface area (TPSA) is 69.6 Å². The second-order valence-electron chi connectivity index (χ2n) is 2.68. The molecule has 0 aliphatic heterocycles. The number of rotatable bonds is 1. The van der Waals surface area contributed by atoms with Gasteiger partial charge in [0, 0.05) is 13.2 Å². The fraction of sp³-hybridized carbons (Fsp3) is 0.125. The number of aryl methyl sites for hydroxylation is 1. The summed E-state index contributed by atoms with van der Waals surface area (Å²) in [4.78, 5) is 0. The van der Waals surface area contributed by atoms with Gasteiger partial charge in [-0.25, -0.2) is 0 Å². The molecule has 2 aromatic heterocycles. The van der Waals surface area contributed by atoms with Gasteiger partial charge in [0.2, 0.25) is 0 Å². The first-order chi connectivity index (χ1) is 6.27. The van der Waals surface area contributed by atoms with Crippen LogP contribution in [0.3, 0.4) is 0 Å². The monoisotopic (exact) mass is 175 g/mol. The Hall–Kier alpha value is -1.91. The van der Waals surface area contributed by atoms with E-state index in [2.05, 4.69) is 15.3 Å². The summed E-state index contributed by atoms with van der Waals surface area (Å²) in [6, 6.07) is 5.41. The first-order valence-corrected chi connectivity index (χ1v) is 3.85. The fourth-order valence-electron chi connectivity index (χ4n) is 1.10. The maximum absolute atomic E-state index is 5.42. The van der Waals surface area contributed by atoms with E-state index in [0.29, 0.717) is 5.82 Å². The van der Waals surface area contributed by atoms with Gasteiger partial charge in [-0.3, -0.25) is 4.68 Å². The average Bonchev–Trinajstić information content (AvgIpc) is 2.53. The van der Waals surface area contributed by atoms with Crippen LogP contribution in [0.15, 0.2) is 24.4 Å². The Balaban J connectivity index is 2.47. The zero-order valence-corrected chi connectivity index (χ0v) is 7.18. The van der Waals surface area contributed by atoms with Crippen LogP contribution in [0.25, 0.3) is 11.4 Å². The number of nitrogen functional groups attached to an aromatic ring is 1. The van der Waals surface area contributed by atoms with E-state index in [0.717, 1.165) is 11.4 Å². The van der Waals surface area contributed by atoms with E-state index in [4.69, 9.17) is 5.73 Å². The lowest BCUT2D eigenvalue weighted by atomic mass is 10.3. The van der Waals surface area contributed by atoms with Crippen LogP contribution in [0.4, 0.5) is 5.82 Å². The normalized spacial score (nSPS) is 10.2. The molecule has 13 heavy (non-hydrogen) atoms. The van der Waals surface area contributed by atoms with Crippen molar-refractivity contribution in [2.45, 2.75) is 0 Å². The predicted molar refractivity (Wildman–Crippen MR) is 48.6 cm³/mol. The molecule has 0 atom stereocenters. The Kier molecular flexibility index (Phi) is 1.70. The van der Waals surface area contributed by atoms with Crippen LogP contribution in [0.2, 0.25) is 0 Å². The Labute approximate surface area is 75.2 Å². The third kappa shape index (κ3) is 1.35. The van der Waals surface area contributed by atoms with Crippen molar-refractivity contribution in [3.05, 3.63) is 24.4 Å². The molecule has 0 saturated heterocycles. The van der Waals surface area contributed by atoms with Crippen LogP contribution in [-0.2, 0) is 7.05 Å². The van der Waals surface area contributed by atoms with Gasteiger partial charge < -0.3 is 5.73 Å². The van der Waals surface area contributed by atoms with Crippen molar-refractivity contribution in [2.24, 2.45) is 7.05 Å². The van der Waals surface area contributed by atoms with Gasteiger partial charge in [0.1, 0.15) is 11.5 Å². The van der Waals surface area contributed by atoms with Crippen molar-refractivity contribution in [1.82, 2.24) is 20.0 Å². The average molecular weight is 175 g/mol. The van der Waals surface area contributed by atoms with Crippen LogP contribution >= 0.6 is 0 Å². The molecular weight excluding hydrogens is 166 g/mol. The number of hydrogen-bond donors (Lipinski definition) is 1. The van der Waals surface area contributed by atoms with E-state index in [1.165, 1.54) is 0 Å². The minimum Gasteiger partial charge on any atom is -0.382 e. The highest BCUT2D eigenvalue weighted by Crippen LogP contribution is 2.14. The van der Waals surface area contributed by atoms with Crippen molar-refractivity contribution in [3.8, 4) is 11.4 Å². The quantitative estimate of drug-likeness (QED) is 0.683. The summed E-state index contributed by atoms with van der Waals surface area (Å²) >= 11 is 0. The summed E-state index contributed by atoms with van der Waals surface area (Å²) in [5.74, 6) is 0.422. The minimum absolute atomic E-state index is 0.422. The highest BCUT2D eigenvalue weighted by atomic mass is 15.3. The van der Waals surface area contributed by atoms with E-state index in [9.17, 15) is 0 Å². The number of anilines is 1. The largest absolute Gasteiger partial charge is 0.382 e. The summed E-state index contributed by atoms with van der Waals surface area (Å²) in [5.41, 5.74) is 7.12. The molecule has 0 aromatic carbocycles. The molecule has 2 N–H and O–H groups in total. The Morgan fingerprint density at radius 1 is 1.23 bits per heavy atom. The van der Waals surface area contributed by atoms with Gasteiger partial charge in [-0.05, 0) is 18.2 Å². The molecule has 2 rings (SSSR count). The molecule has 0 radical (unpaired) electrons. The van der Waals surface area contributed by atoms with Crippen LogP contribution in [0.1, 0.15) is 0 Å². The maximum atomic E-state index is 5.42. The lowest BCUT2D eigenvalue weighted by Gasteiger charge is -1.99. The molecule has 0 amide bonds. The Morgan fingerprint density at radius 2 is 2.08 bits per heavy atom. The molecule has 0 unspecified atom stereocenters. The highest BCUT2D eigenvalue weighted by molar-refractivity contribution is 5.54. The molecule has 0 spiro atoms. The molecule has 66 valence electrons. The van der Waals surface area contributed by atoms with Gasteiger partial charge >= 0.3 is 0 Å². The fourth-order valence-corrected chi connectivity index (χ4v) is 1.10. The van der Waals surface area contributed by atoms with Crippen molar-refractivity contribution < 1.29 is 0 Å². The molecule has 0 saturated carbocycles. The van der Waals surface area contributed by atoms with Crippen molar-refractivity contribution >= 4 is 5.82 Å². The van der Waals surface area contributed by atoms with Gasteiger partial charge in [0.15, 0.2) is 0 Å². The summed E-state index contributed by atoms with van der Waals surface area (Å²) in [7, 11) is 1.85. The first-order valence-electron chi connectivity index (χ1n) is 3.85. The standard InChI is InChI=1S/C8H9N5/c1-13-7(4-5-10-13)6-2-3-8(9)12-11-6/h2-5H,1H3,(H2,9,12). The van der Waals surface area contributed by atoms with Crippen LogP contribution in [0, 0.1) is 0 Å². The lowest BCUT2D eigenvalue weighted by Crippen LogP contribution is -1.98. The van der Waals surface area contributed by atoms with Gasteiger partial charge in [-0.1, -0.05) is 0 Å². The smallest absolute Gasteiger partial charge is 0.146 e. The second kappa shape index (κ2) is 2.85. The van der Waals surface area contributed by atoms with E-state index < -0.39 is 0 Å². The van der Waals surface area contributed by atoms with Crippen molar-refractivity contribution in [2.75, 3.05) is 5.73 Å². The number of nitrogens with two attached hydrogens (primary N) is 1. The van der Waals surface area contributed by atoms with E-state index in [1.807, 2.05) is 19.2 Å². The molecule has 2 aromatic rings. The third-order valence-electron chi connectivity index (χ3n) is 1.77.